The number of carbonyl (C=O) groups is 1. The molecule has 0 spiro atoms. The van der Waals surface area contributed by atoms with Gasteiger partial charge in [0.2, 0.25) is 0 Å². The number of carboxylic acids is 1. The van der Waals surface area contributed by atoms with Crippen LogP contribution in [0, 0.1) is 10.1 Å². The first-order chi connectivity index (χ1) is 9.57. The van der Waals surface area contributed by atoms with Crippen LogP contribution in [0.4, 0.5) is 5.69 Å². The Morgan fingerprint density at radius 3 is 2.65 bits per heavy atom. The molecule has 0 radical (unpaired) electrons. The van der Waals surface area contributed by atoms with Crippen molar-refractivity contribution >= 4 is 11.7 Å². The predicted molar refractivity (Wildman–Crippen MR) is 72.7 cm³/mol. The van der Waals surface area contributed by atoms with Crippen molar-refractivity contribution in [1.82, 2.24) is 5.32 Å². The highest BCUT2D eigenvalue weighted by molar-refractivity contribution is 5.94. The van der Waals surface area contributed by atoms with E-state index in [4.69, 9.17) is 10.2 Å². The maximum atomic E-state index is 11.2. The van der Waals surface area contributed by atoms with Crippen molar-refractivity contribution in [2.24, 2.45) is 0 Å². The van der Waals surface area contributed by atoms with E-state index in [9.17, 15) is 14.9 Å². The highest BCUT2D eigenvalue weighted by Crippen LogP contribution is 2.22. The Balaban J connectivity index is 2.67. The van der Waals surface area contributed by atoms with Gasteiger partial charge in [0, 0.05) is 19.2 Å². The molecule has 1 aromatic rings. The van der Waals surface area contributed by atoms with Crippen molar-refractivity contribution in [1.29, 1.82) is 0 Å². The number of unbranched alkanes of at least 4 members (excludes halogenated alkanes) is 2. The molecule has 0 aliphatic heterocycles. The lowest BCUT2D eigenvalue weighted by Gasteiger charge is -2.08. The Morgan fingerprint density at radius 2 is 2.05 bits per heavy atom. The molecule has 0 fully saturated rings. The largest absolute Gasteiger partial charge is 0.477 e. The molecule has 20 heavy (non-hydrogen) atoms. The fourth-order valence-electron chi connectivity index (χ4n) is 1.89. The maximum Gasteiger partial charge on any atom is 0.343 e. The van der Waals surface area contributed by atoms with Gasteiger partial charge in [0.05, 0.1) is 4.92 Å². The minimum Gasteiger partial charge on any atom is -0.477 e. The molecule has 0 aromatic heterocycles. The molecule has 3 N–H and O–H groups in total. The van der Waals surface area contributed by atoms with Crippen LogP contribution in [0.25, 0.3) is 0 Å². The number of nitro groups is 1. The molecule has 7 nitrogen and oxygen atoms in total. The van der Waals surface area contributed by atoms with Crippen molar-refractivity contribution in [2.45, 2.75) is 25.8 Å². The average molecular weight is 282 g/mol. The van der Waals surface area contributed by atoms with Crippen LogP contribution in [-0.4, -0.2) is 34.3 Å². The topological polar surface area (TPSA) is 113 Å². The summed E-state index contributed by atoms with van der Waals surface area (Å²) >= 11 is 0. The Labute approximate surface area is 116 Å². The Kier molecular flexibility index (Phi) is 6.61. The molecule has 1 aromatic carbocycles. The second-order valence-electron chi connectivity index (χ2n) is 4.33. The summed E-state index contributed by atoms with van der Waals surface area (Å²) in [7, 11) is 0. The lowest BCUT2D eigenvalue weighted by atomic mass is 10.1. The van der Waals surface area contributed by atoms with Gasteiger partial charge >= 0.3 is 5.97 Å². The molecule has 0 atom stereocenters. The molecule has 110 valence electrons. The number of nitrogens with zero attached hydrogens (tertiary/aromatic N) is 1. The smallest absolute Gasteiger partial charge is 0.343 e. The van der Waals surface area contributed by atoms with Gasteiger partial charge in [-0.15, -0.1) is 0 Å². The predicted octanol–water partition coefficient (Wildman–Crippen LogP) is 1.55. The summed E-state index contributed by atoms with van der Waals surface area (Å²) in [5.41, 5.74) is -0.258. The van der Waals surface area contributed by atoms with Gasteiger partial charge in [0.15, 0.2) is 0 Å². The van der Waals surface area contributed by atoms with Gasteiger partial charge in [-0.1, -0.05) is 12.1 Å². The summed E-state index contributed by atoms with van der Waals surface area (Å²) in [4.78, 5) is 21.3. The van der Waals surface area contributed by atoms with E-state index in [0.29, 0.717) is 12.1 Å². The van der Waals surface area contributed by atoms with E-state index in [0.717, 1.165) is 19.3 Å². The van der Waals surface area contributed by atoms with Gasteiger partial charge in [-0.25, -0.2) is 4.79 Å². The molecule has 0 aliphatic rings. The van der Waals surface area contributed by atoms with Gasteiger partial charge < -0.3 is 15.5 Å². The molecule has 1 rings (SSSR count). The molecule has 0 heterocycles. The monoisotopic (exact) mass is 282 g/mol. The van der Waals surface area contributed by atoms with Crippen molar-refractivity contribution < 1.29 is 19.9 Å². The molecular formula is C13H18N2O5. The molecule has 0 amide bonds. The highest BCUT2D eigenvalue weighted by atomic mass is 16.6. The molecule has 7 heteroatoms. The molecule has 0 saturated carbocycles. The first-order valence-electron chi connectivity index (χ1n) is 6.39. The van der Waals surface area contributed by atoms with Crippen LogP contribution in [0.15, 0.2) is 18.2 Å². The number of nitrogens with one attached hydrogen (secondary N) is 1. The third kappa shape index (κ3) is 4.60. The molecular weight excluding hydrogens is 264 g/mol. The van der Waals surface area contributed by atoms with E-state index >= 15 is 0 Å². The Hall–Kier alpha value is -1.99. The van der Waals surface area contributed by atoms with Crippen molar-refractivity contribution in [3.8, 4) is 0 Å². The Bertz CT molecular complexity index is 476. The SMILES string of the molecule is O=C(O)c1c(CNCCCCCO)cccc1[N+](=O)[O-]. The fourth-order valence-corrected chi connectivity index (χ4v) is 1.89. The molecule has 0 saturated heterocycles. The highest BCUT2D eigenvalue weighted by Gasteiger charge is 2.22. The first kappa shape index (κ1) is 16.1. The molecule has 0 unspecified atom stereocenters. The minimum absolute atomic E-state index is 0.161. The van der Waals surface area contributed by atoms with Crippen LogP contribution in [0.5, 0.6) is 0 Å². The third-order valence-corrected chi connectivity index (χ3v) is 2.87. The summed E-state index contributed by atoms with van der Waals surface area (Å²) in [5.74, 6) is -1.30. The quantitative estimate of drug-likeness (QED) is 0.360. The number of hydrogen-bond acceptors (Lipinski definition) is 5. The van der Waals surface area contributed by atoms with Crippen molar-refractivity contribution in [2.75, 3.05) is 13.2 Å². The number of rotatable bonds is 9. The summed E-state index contributed by atoms with van der Waals surface area (Å²) in [5, 5.41) is 31.6. The van der Waals surface area contributed by atoms with Crippen molar-refractivity contribution in [3.63, 3.8) is 0 Å². The van der Waals surface area contributed by atoms with Gasteiger partial charge in [-0.2, -0.15) is 0 Å². The Morgan fingerprint density at radius 1 is 1.30 bits per heavy atom. The fraction of sp³-hybridized carbons (Fsp3) is 0.462. The van der Waals surface area contributed by atoms with Crippen LogP contribution in [0.3, 0.4) is 0 Å². The molecule has 0 bridgehead atoms. The van der Waals surface area contributed by atoms with Crippen LogP contribution >= 0.6 is 0 Å². The third-order valence-electron chi connectivity index (χ3n) is 2.87. The van der Waals surface area contributed by atoms with Crippen LogP contribution in [0.2, 0.25) is 0 Å². The second kappa shape index (κ2) is 8.23. The number of nitro benzene ring substituents is 1. The number of aliphatic hydroxyl groups excluding tert-OH is 1. The van der Waals surface area contributed by atoms with E-state index in [2.05, 4.69) is 5.32 Å². The van der Waals surface area contributed by atoms with E-state index in [1.807, 2.05) is 0 Å². The summed E-state index contributed by atoms with van der Waals surface area (Å²) in [6.07, 6.45) is 2.47. The summed E-state index contributed by atoms with van der Waals surface area (Å²) in [6.45, 7) is 1.10. The normalized spacial score (nSPS) is 10.4. The first-order valence-corrected chi connectivity index (χ1v) is 6.39. The molecule has 0 aliphatic carbocycles. The van der Waals surface area contributed by atoms with E-state index < -0.39 is 16.6 Å². The lowest BCUT2D eigenvalue weighted by molar-refractivity contribution is -0.385. The summed E-state index contributed by atoms with van der Waals surface area (Å²) in [6, 6.07) is 4.23. The number of benzene rings is 1. The maximum absolute atomic E-state index is 11.2. The van der Waals surface area contributed by atoms with E-state index in [-0.39, 0.29) is 18.7 Å². The van der Waals surface area contributed by atoms with E-state index in [1.54, 1.807) is 6.07 Å². The van der Waals surface area contributed by atoms with Gasteiger partial charge in [0.25, 0.3) is 5.69 Å². The number of aliphatic hydroxyl groups is 1. The van der Waals surface area contributed by atoms with Crippen LogP contribution < -0.4 is 5.32 Å². The zero-order chi connectivity index (χ0) is 15.0. The zero-order valence-corrected chi connectivity index (χ0v) is 11.0. The summed E-state index contributed by atoms with van der Waals surface area (Å²) < 4.78 is 0. The van der Waals surface area contributed by atoms with Gasteiger partial charge in [0.1, 0.15) is 5.56 Å². The zero-order valence-electron chi connectivity index (χ0n) is 11.0. The van der Waals surface area contributed by atoms with Crippen LogP contribution in [-0.2, 0) is 6.54 Å². The second-order valence-corrected chi connectivity index (χ2v) is 4.33. The number of carboxylic acid groups (broad SMARTS) is 1. The standard InChI is InChI=1S/C13H18N2O5/c16-8-3-1-2-7-14-9-10-5-4-6-11(15(19)20)12(10)13(17)18/h4-6,14,16H,1-3,7-9H2,(H,17,18). The van der Waals surface area contributed by atoms with Gasteiger partial charge in [-0.3, -0.25) is 10.1 Å². The van der Waals surface area contributed by atoms with Gasteiger partial charge in [-0.05, 0) is 31.4 Å². The average Bonchev–Trinajstić information content (AvgIpc) is 2.42. The number of hydrogen-bond donors (Lipinski definition) is 3. The van der Waals surface area contributed by atoms with E-state index in [1.165, 1.54) is 12.1 Å². The lowest BCUT2D eigenvalue weighted by Crippen LogP contribution is -2.18. The van der Waals surface area contributed by atoms with Crippen LogP contribution in [0.1, 0.15) is 35.2 Å². The minimum atomic E-state index is -1.30. The van der Waals surface area contributed by atoms with Crippen molar-refractivity contribution in [3.05, 3.63) is 39.4 Å². The number of aromatic carboxylic acids is 1.